The van der Waals surface area contributed by atoms with Gasteiger partial charge in [-0.15, -0.1) is 0 Å². The molecule has 0 saturated carbocycles. The number of rotatable bonds is 6. The minimum absolute atomic E-state index is 0.148. The van der Waals surface area contributed by atoms with E-state index in [9.17, 15) is 10.1 Å². The van der Waals surface area contributed by atoms with Crippen molar-refractivity contribution in [3.63, 3.8) is 0 Å². The maximum Gasteiger partial charge on any atom is 0.373 e. The van der Waals surface area contributed by atoms with Gasteiger partial charge in [0.15, 0.2) is 0 Å². The summed E-state index contributed by atoms with van der Waals surface area (Å²) in [5.41, 5.74) is -0.508. The van der Waals surface area contributed by atoms with Crippen LogP contribution < -0.4 is 9.64 Å². The number of benzene rings is 1. The number of nitrogens with zero attached hydrogens (tertiary/aromatic N) is 6. The molecule has 2 rings (SSSR count). The summed E-state index contributed by atoms with van der Waals surface area (Å²) >= 11 is 3.28. The van der Waals surface area contributed by atoms with Crippen LogP contribution in [-0.2, 0) is 0 Å². The first-order chi connectivity index (χ1) is 11.6. The molecule has 0 saturated heterocycles. The summed E-state index contributed by atoms with van der Waals surface area (Å²) in [4.78, 5) is 19.6. The first-order valence-electron chi connectivity index (χ1n) is 6.48. The molecule has 0 aliphatic carbocycles. The Kier molecular flexibility index (Phi) is 5.60. The van der Waals surface area contributed by atoms with Crippen molar-refractivity contribution in [2.75, 3.05) is 18.0 Å². The van der Waals surface area contributed by atoms with Gasteiger partial charge in [-0.3, -0.25) is 10.1 Å². The molecule has 120 valence electrons. The lowest BCUT2D eigenvalue weighted by Crippen LogP contribution is -2.26. The SMILES string of the molecule is N#CCN(CC#N)c1ncnc(Oc2ccc(Br)cc2)c1[N+](=O)[O-]. The van der Waals surface area contributed by atoms with Crippen molar-refractivity contribution in [3.8, 4) is 23.8 Å². The van der Waals surface area contributed by atoms with Crippen LogP contribution in [0, 0.1) is 32.8 Å². The second kappa shape index (κ2) is 7.85. The molecule has 10 heteroatoms. The molecule has 0 unspecified atom stereocenters. The van der Waals surface area contributed by atoms with Gasteiger partial charge in [0.25, 0.3) is 0 Å². The van der Waals surface area contributed by atoms with Crippen LogP contribution in [0.2, 0.25) is 0 Å². The molecule has 1 aromatic carbocycles. The minimum atomic E-state index is -0.703. The van der Waals surface area contributed by atoms with Crippen LogP contribution in [0.5, 0.6) is 11.6 Å². The number of anilines is 1. The highest BCUT2D eigenvalue weighted by Gasteiger charge is 2.28. The Labute approximate surface area is 145 Å². The molecular formula is C14H9BrN6O3. The largest absolute Gasteiger partial charge is 0.434 e. The lowest BCUT2D eigenvalue weighted by atomic mass is 10.3. The summed E-state index contributed by atoms with van der Waals surface area (Å²) in [5.74, 6) is -0.0727. The fourth-order valence-corrected chi connectivity index (χ4v) is 2.07. The van der Waals surface area contributed by atoms with Crippen molar-refractivity contribution in [1.29, 1.82) is 10.5 Å². The molecular weight excluding hydrogens is 380 g/mol. The number of nitro groups is 1. The van der Waals surface area contributed by atoms with E-state index in [1.165, 1.54) is 4.90 Å². The highest BCUT2D eigenvalue weighted by atomic mass is 79.9. The maximum atomic E-state index is 11.4. The van der Waals surface area contributed by atoms with E-state index >= 15 is 0 Å². The Hall–Kier alpha value is -3.24. The molecule has 0 N–H and O–H groups in total. The topological polar surface area (TPSA) is 129 Å². The van der Waals surface area contributed by atoms with Crippen molar-refractivity contribution in [2.24, 2.45) is 0 Å². The summed E-state index contributed by atoms with van der Waals surface area (Å²) < 4.78 is 6.29. The van der Waals surface area contributed by atoms with E-state index in [4.69, 9.17) is 15.3 Å². The predicted molar refractivity (Wildman–Crippen MR) is 86.3 cm³/mol. The van der Waals surface area contributed by atoms with Gasteiger partial charge in [0, 0.05) is 4.47 Å². The van der Waals surface area contributed by atoms with E-state index in [1.807, 2.05) is 12.1 Å². The first kappa shape index (κ1) is 17.1. The normalized spacial score (nSPS) is 9.62. The number of ether oxygens (including phenoxy) is 1. The summed E-state index contributed by atoms with van der Waals surface area (Å²) in [5, 5.41) is 29.1. The van der Waals surface area contributed by atoms with Crippen LogP contribution in [0.1, 0.15) is 0 Å². The average molecular weight is 389 g/mol. The molecule has 0 bridgehead atoms. The average Bonchev–Trinajstić information content (AvgIpc) is 2.56. The fraction of sp³-hybridized carbons (Fsp3) is 0.143. The number of aromatic nitrogens is 2. The highest BCUT2D eigenvalue weighted by Crippen LogP contribution is 2.36. The van der Waals surface area contributed by atoms with Gasteiger partial charge >= 0.3 is 11.6 Å². The molecule has 24 heavy (non-hydrogen) atoms. The van der Waals surface area contributed by atoms with Crippen LogP contribution in [0.4, 0.5) is 11.5 Å². The molecule has 0 aliphatic heterocycles. The van der Waals surface area contributed by atoms with Crippen molar-refractivity contribution in [2.45, 2.75) is 0 Å². The molecule has 9 nitrogen and oxygen atoms in total. The lowest BCUT2D eigenvalue weighted by molar-refractivity contribution is -0.385. The molecule has 0 atom stereocenters. The van der Waals surface area contributed by atoms with E-state index in [0.29, 0.717) is 5.75 Å². The lowest BCUT2D eigenvalue weighted by Gasteiger charge is -2.17. The minimum Gasteiger partial charge on any atom is -0.434 e. The highest BCUT2D eigenvalue weighted by molar-refractivity contribution is 9.10. The summed E-state index contributed by atoms with van der Waals surface area (Å²) in [6.45, 7) is -0.466. The first-order valence-corrected chi connectivity index (χ1v) is 7.27. The standard InChI is InChI=1S/C14H9BrN6O3/c15-10-1-3-11(4-2-10)24-14-12(21(22)23)13(18-9-19-14)20(7-5-16)8-6-17/h1-4,9H,7-8H2. The van der Waals surface area contributed by atoms with Gasteiger partial charge in [-0.1, -0.05) is 15.9 Å². The van der Waals surface area contributed by atoms with Gasteiger partial charge in [0.2, 0.25) is 5.82 Å². The Morgan fingerprint density at radius 1 is 1.21 bits per heavy atom. The monoisotopic (exact) mass is 388 g/mol. The number of hydrogen-bond donors (Lipinski definition) is 0. The third-order valence-electron chi connectivity index (χ3n) is 2.80. The Morgan fingerprint density at radius 3 is 2.38 bits per heavy atom. The van der Waals surface area contributed by atoms with Gasteiger partial charge in [-0.2, -0.15) is 15.5 Å². The number of halogens is 1. The smallest absolute Gasteiger partial charge is 0.373 e. The Balaban J connectivity index is 2.47. The zero-order chi connectivity index (χ0) is 17.5. The fourth-order valence-electron chi connectivity index (χ4n) is 1.81. The second-order valence-electron chi connectivity index (χ2n) is 4.34. The molecule has 1 heterocycles. The van der Waals surface area contributed by atoms with Gasteiger partial charge in [-0.25, -0.2) is 4.98 Å². The zero-order valence-corrected chi connectivity index (χ0v) is 13.7. The van der Waals surface area contributed by atoms with Crippen molar-refractivity contribution < 1.29 is 9.66 Å². The third kappa shape index (κ3) is 3.94. The quantitative estimate of drug-likeness (QED) is 0.419. The molecule has 0 amide bonds. The molecule has 0 aliphatic rings. The van der Waals surface area contributed by atoms with Gasteiger partial charge < -0.3 is 9.64 Å². The molecule has 0 spiro atoms. The van der Waals surface area contributed by atoms with Crippen molar-refractivity contribution >= 4 is 27.4 Å². The molecule has 2 aromatic rings. The van der Waals surface area contributed by atoms with Crippen LogP contribution >= 0.6 is 15.9 Å². The van der Waals surface area contributed by atoms with Crippen molar-refractivity contribution in [3.05, 3.63) is 45.2 Å². The van der Waals surface area contributed by atoms with Gasteiger partial charge in [0.1, 0.15) is 25.2 Å². The van der Waals surface area contributed by atoms with Gasteiger partial charge in [-0.05, 0) is 24.3 Å². The Bertz CT molecular complexity index is 812. The van der Waals surface area contributed by atoms with Crippen LogP contribution in [0.3, 0.4) is 0 Å². The predicted octanol–water partition coefficient (Wildman–Crippen LogP) is 2.79. The molecule has 0 fully saturated rings. The van der Waals surface area contributed by atoms with E-state index in [-0.39, 0.29) is 24.8 Å². The van der Waals surface area contributed by atoms with Gasteiger partial charge in [0.05, 0.1) is 17.1 Å². The van der Waals surface area contributed by atoms with E-state index in [2.05, 4.69) is 25.9 Å². The number of hydrogen-bond acceptors (Lipinski definition) is 8. The van der Waals surface area contributed by atoms with E-state index in [1.54, 1.807) is 24.3 Å². The third-order valence-corrected chi connectivity index (χ3v) is 3.33. The van der Waals surface area contributed by atoms with Crippen molar-refractivity contribution in [1.82, 2.24) is 9.97 Å². The summed E-state index contributed by atoms with van der Waals surface area (Å²) in [6.07, 6.45) is 1.08. The second-order valence-corrected chi connectivity index (χ2v) is 5.25. The Morgan fingerprint density at radius 2 is 1.83 bits per heavy atom. The van der Waals surface area contributed by atoms with Crippen LogP contribution in [0.25, 0.3) is 0 Å². The van der Waals surface area contributed by atoms with E-state index < -0.39 is 10.6 Å². The zero-order valence-electron chi connectivity index (χ0n) is 12.1. The van der Waals surface area contributed by atoms with E-state index in [0.717, 1.165) is 10.8 Å². The summed E-state index contributed by atoms with van der Waals surface area (Å²) in [7, 11) is 0. The molecule has 1 aromatic heterocycles. The van der Waals surface area contributed by atoms with Crippen LogP contribution in [0.15, 0.2) is 35.1 Å². The van der Waals surface area contributed by atoms with Crippen LogP contribution in [-0.4, -0.2) is 28.0 Å². The molecule has 0 radical (unpaired) electrons. The maximum absolute atomic E-state index is 11.4. The summed E-state index contributed by atoms with van der Waals surface area (Å²) in [6, 6.07) is 10.3. The number of nitriles is 2.